The second-order valence-electron chi connectivity index (χ2n) is 6.11. The van der Waals surface area contributed by atoms with Crippen LogP contribution in [0.15, 0.2) is 42.5 Å². The minimum absolute atomic E-state index is 0.115. The van der Waals surface area contributed by atoms with Crippen LogP contribution in [0.25, 0.3) is 0 Å². The monoisotopic (exact) mass is 388 g/mol. The average molecular weight is 389 g/mol. The third-order valence-corrected chi connectivity index (χ3v) is 4.56. The Hall–Kier alpha value is -2.57. The highest BCUT2D eigenvalue weighted by Crippen LogP contribution is 2.33. The van der Waals surface area contributed by atoms with Crippen molar-refractivity contribution >= 4 is 34.8 Å². The summed E-state index contributed by atoms with van der Waals surface area (Å²) in [7, 11) is 1.58. The summed E-state index contributed by atoms with van der Waals surface area (Å²) in [5.74, 6) is 0.237. The Bertz CT molecular complexity index is 823. The van der Waals surface area contributed by atoms with E-state index in [1.54, 1.807) is 54.5 Å². The summed E-state index contributed by atoms with van der Waals surface area (Å²) in [5.41, 5.74) is 1.77. The average Bonchev–Trinajstić information content (AvgIpc) is 3.10. The zero-order valence-electron chi connectivity index (χ0n) is 15.0. The van der Waals surface area contributed by atoms with E-state index in [1.807, 2.05) is 0 Å². The standard InChI is InChI=1S/C20H21ClN2O4/c1-26-12-13-27-19-16(21)4-2-5-17(19)22-20(25)14-7-9-15(10-8-14)23-11-3-6-18(23)24/h2,4-5,7-10H,3,6,11-13H2,1H3,(H,22,25). The predicted molar refractivity (Wildman–Crippen MR) is 105 cm³/mol. The van der Waals surface area contributed by atoms with Gasteiger partial charge in [0.1, 0.15) is 6.61 Å². The number of methoxy groups -OCH3 is 1. The number of rotatable bonds is 7. The van der Waals surface area contributed by atoms with Gasteiger partial charge in [-0.15, -0.1) is 0 Å². The van der Waals surface area contributed by atoms with Crippen molar-refractivity contribution in [1.29, 1.82) is 0 Å². The number of para-hydroxylation sites is 1. The van der Waals surface area contributed by atoms with Crippen LogP contribution in [0.2, 0.25) is 5.02 Å². The van der Waals surface area contributed by atoms with E-state index in [1.165, 1.54) is 0 Å². The Morgan fingerprint density at radius 1 is 1.19 bits per heavy atom. The highest BCUT2D eigenvalue weighted by Gasteiger charge is 2.21. The largest absolute Gasteiger partial charge is 0.487 e. The van der Waals surface area contributed by atoms with Crippen LogP contribution in [0.3, 0.4) is 0 Å². The van der Waals surface area contributed by atoms with Gasteiger partial charge in [-0.2, -0.15) is 0 Å². The Labute approximate surface area is 163 Å². The molecule has 27 heavy (non-hydrogen) atoms. The van der Waals surface area contributed by atoms with Gasteiger partial charge in [-0.05, 0) is 42.8 Å². The molecule has 142 valence electrons. The summed E-state index contributed by atoms with van der Waals surface area (Å²) in [4.78, 5) is 26.1. The minimum Gasteiger partial charge on any atom is -0.487 e. The molecule has 0 spiro atoms. The van der Waals surface area contributed by atoms with Crippen molar-refractivity contribution in [2.75, 3.05) is 37.1 Å². The van der Waals surface area contributed by atoms with Crippen LogP contribution in [0, 0.1) is 0 Å². The van der Waals surface area contributed by atoms with Gasteiger partial charge in [-0.3, -0.25) is 9.59 Å². The molecular weight excluding hydrogens is 368 g/mol. The SMILES string of the molecule is COCCOc1c(Cl)cccc1NC(=O)c1ccc(N2CCCC2=O)cc1. The molecule has 2 aromatic rings. The zero-order chi connectivity index (χ0) is 19.2. The molecule has 1 N–H and O–H groups in total. The zero-order valence-corrected chi connectivity index (χ0v) is 15.8. The molecule has 1 saturated heterocycles. The van der Waals surface area contributed by atoms with Gasteiger partial charge < -0.3 is 19.7 Å². The van der Waals surface area contributed by atoms with Crippen LogP contribution in [-0.4, -0.2) is 38.7 Å². The third-order valence-electron chi connectivity index (χ3n) is 4.26. The maximum Gasteiger partial charge on any atom is 0.255 e. The molecule has 0 aliphatic carbocycles. The van der Waals surface area contributed by atoms with E-state index in [0.29, 0.717) is 41.7 Å². The first-order valence-electron chi connectivity index (χ1n) is 8.72. The second-order valence-corrected chi connectivity index (χ2v) is 6.51. The summed E-state index contributed by atoms with van der Waals surface area (Å²) in [6, 6.07) is 12.1. The minimum atomic E-state index is -0.284. The van der Waals surface area contributed by atoms with E-state index >= 15 is 0 Å². The first-order valence-corrected chi connectivity index (χ1v) is 9.10. The number of carbonyl (C=O) groups is 2. The van der Waals surface area contributed by atoms with Crippen LogP contribution in [-0.2, 0) is 9.53 Å². The maximum absolute atomic E-state index is 12.6. The van der Waals surface area contributed by atoms with E-state index in [4.69, 9.17) is 21.1 Å². The van der Waals surface area contributed by atoms with Gasteiger partial charge >= 0.3 is 0 Å². The lowest BCUT2D eigenvalue weighted by molar-refractivity contribution is -0.117. The lowest BCUT2D eigenvalue weighted by Crippen LogP contribution is -2.23. The molecule has 0 bridgehead atoms. The van der Waals surface area contributed by atoms with E-state index in [-0.39, 0.29) is 11.8 Å². The Kier molecular flexibility index (Phi) is 6.32. The molecule has 6 nitrogen and oxygen atoms in total. The van der Waals surface area contributed by atoms with Gasteiger partial charge in [-0.25, -0.2) is 0 Å². The van der Waals surface area contributed by atoms with Crippen molar-refractivity contribution < 1.29 is 19.1 Å². The van der Waals surface area contributed by atoms with E-state index in [9.17, 15) is 9.59 Å². The van der Waals surface area contributed by atoms with Crippen molar-refractivity contribution in [3.8, 4) is 5.75 Å². The highest BCUT2D eigenvalue weighted by molar-refractivity contribution is 6.32. The number of nitrogens with zero attached hydrogens (tertiary/aromatic N) is 1. The molecule has 2 amide bonds. The van der Waals surface area contributed by atoms with Crippen molar-refractivity contribution in [3.63, 3.8) is 0 Å². The van der Waals surface area contributed by atoms with Gasteiger partial charge in [0.2, 0.25) is 5.91 Å². The third kappa shape index (κ3) is 4.59. The van der Waals surface area contributed by atoms with Crippen molar-refractivity contribution in [3.05, 3.63) is 53.1 Å². The molecule has 3 rings (SSSR count). The number of anilines is 2. The lowest BCUT2D eigenvalue weighted by Gasteiger charge is -2.16. The first-order chi connectivity index (χ1) is 13.1. The number of halogens is 1. The smallest absolute Gasteiger partial charge is 0.255 e. The molecule has 1 fully saturated rings. The molecule has 7 heteroatoms. The summed E-state index contributed by atoms with van der Waals surface area (Å²) in [6.07, 6.45) is 1.44. The molecule has 1 aliphatic rings. The summed E-state index contributed by atoms with van der Waals surface area (Å²) < 4.78 is 10.6. The number of nitrogens with one attached hydrogen (secondary N) is 1. The topological polar surface area (TPSA) is 67.9 Å². The van der Waals surface area contributed by atoms with Gasteiger partial charge in [0.25, 0.3) is 5.91 Å². The molecule has 0 unspecified atom stereocenters. The maximum atomic E-state index is 12.6. The molecule has 0 atom stereocenters. The number of hydrogen-bond donors (Lipinski definition) is 1. The fourth-order valence-corrected chi connectivity index (χ4v) is 3.12. The molecule has 0 radical (unpaired) electrons. The molecule has 0 saturated carbocycles. The lowest BCUT2D eigenvalue weighted by atomic mass is 10.1. The van der Waals surface area contributed by atoms with Crippen LogP contribution < -0.4 is 15.0 Å². The van der Waals surface area contributed by atoms with Crippen molar-refractivity contribution in [2.45, 2.75) is 12.8 Å². The number of carbonyl (C=O) groups excluding carboxylic acids is 2. The number of amides is 2. The van der Waals surface area contributed by atoms with E-state index in [2.05, 4.69) is 5.32 Å². The fourth-order valence-electron chi connectivity index (χ4n) is 2.89. The number of hydrogen-bond acceptors (Lipinski definition) is 4. The first kappa shape index (κ1) is 19.2. The van der Waals surface area contributed by atoms with Crippen LogP contribution in [0.4, 0.5) is 11.4 Å². The fraction of sp³-hybridized carbons (Fsp3) is 0.300. The summed E-state index contributed by atoms with van der Waals surface area (Å²) in [5, 5.41) is 3.23. The van der Waals surface area contributed by atoms with Gasteiger partial charge in [-0.1, -0.05) is 17.7 Å². The van der Waals surface area contributed by atoms with Gasteiger partial charge in [0.05, 0.1) is 17.3 Å². The summed E-state index contributed by atoms with van der Waals surface area (Å²) >= 11 is 6.19. The molecular formula is C20H21ClN2O4. The van der Waals surface area contributed by atoms with Crippen molar-refractivity contribution in [1.82, 2.24) is 0 Å². The van der Waals surface area contributed by atoms with Crippen LogP contribution in [0.1, 0.15) is 23.2 Å². The number of benzene rings is 2. The van der Waals surface area contributed by atoms with E-state index in [0.717, 1.165) is 18.7 Å². The van der Waals surface area contributed by atoms with Gasteiger partial charge in [0.15, 0.2) is 5.75 Å². The van der Waals surface area contributed by atoms with Crippen LogP contribution in [0.5, 0.6) is 5.75 Å². The molecule has 2 aromatic carbocycles. The number of ether oxygens (including phenoxy) is 2. The van der Waals surface area contributed by atoms with Gasteiger partial charge in [0, 0.05) is 31.3 Å². The molecule has 1 heterocycles. The summed E-state index contributed by atoms with van der Waals surface area (Å²) in [6.45, 7) is 1.45. The van der Waals surface area contributed by atoms with Crippen LogP contribution >= 0.6 is 11.6 Å². The van der Waals surface area contributed by atoms with E-state index < -0.39 is 0 Å². The Balaban J connectivity index is 1.72. The molecule has 1 aliphatic heterocycles. The predicted octanol–water partition coefficient (Wildman–Crippen LogP) is 3.74. The highest BCUT2D eigenvalue weighted by atomic mass is 35.5. The molecule has 0 aromatic heterocycles. The Morgan fingerprint density at radius 2 is 1.96 bits per heavy atom. The van der Waals surface area contributed by atoms with Crippen molar-refractivity contribution in [2.24, 2.45) is 0 Å². The second kappa shape index (κ2) is 8.88. The Morgan fingerprint density at radius 3 is 2.63 bits per heavy atom. The normalized spacial score (nSPS) is 13.7. The quantitative estimate of drug-likeness (QED) is 0.733.